The Balaban J connectivity index is 1.67. The van der Waals surface area contributed by atoms with Crippen LogP contribution in [0.25, 0.3) is 0 Å². The average molecular weight is 245 g/mol. The van der Waals surface area contributed by atoms with E-state index in [0.717, 1.165) is 25.3 Å². The second-order valence-electron chi connectivity index (χ2n) is 6.89. The first-order chi connectivity index (χ1) is 8.62. The van der Waals surface area contributed by atoms with Crippen molar-refractivity contribution in [1.29, 1.82) is 0 Å². The fourth-order valence-electron chi connectivity index (χ4n) is 5.47. The number of rotatable bonds is 3. The van der Waals surface area contributed by atoms with E-state index < -0.39 is 0 Å². The summed E-state index contributed by atoms with van der Waals surface area (Å²) >= 11 is 0. The standard InChI is InChI=1S/C14H19N3O/c1-10(18)14-4-11-2-12(14)5-13(3-11,6-14)7-17-9-15-8-16-17/h8-9,11-12H,2-7H2,1H3. The molecule has 4 aliphatic carbocycles. The van der Waals surface area contributed by atoms with Gasteiger partial charge in [-0.1, -0.05) is 0 Å². The highest BCUT2D eigenvalue weighted by atomic mass is 16.1. The minimum atomic E-state index is 0.0312. The van der Waals surface area contributed by atoms with Crippen LogP contribution >= 0.6 is 0 Å². The molecule has 0 amide bonds. The number of hydrogen-bond acceptors (Lipinski definition) is 3. The number of carbonyl (C=O) groups excluding carboxylic acids is 1. The Morgan fingerprint density at radius 3 is 3.00 bits per heavy atom. The Labute approximate surface area is 107 Å². The minimum Gasteiger partial charge on any atom is -0.299 e. The van der Waals surface area contributed by atoms with Gasteiger partial charge in [-0.2, -0.15) is 5.10 Å². The van der Waals surface area contributed by atoms with Crippen LogP contribution in [0.4, 0.5) is 0 Å². The van der Waals surface area contributed by atoms with Crippen molar-refractivity contribution in [2.75, 3.05) is 0 Å². The van der Waals surface area contributed by atoms with Gasteiger partial charge in [0, 0.05) is 12.0 Å². The summed E-state index contributed by atoms with van der Waals surface area (Å²) < 4.78 is 1.96. The van der Waals surface area contributed by atoms with E-state index in [-0.39, 0.29) is 5.41 Å². The Hall–Kier alpha value is -1.19. The Kier molecular flexibility index (Phi) is 1.92. The first kappa shape index (κ1) is 10.7. The number of nitrogens with zero attached hydrogens (tertiary/aromatic N) is 3. The summed E-state index contributed by atoms with van der Waals surface area (Å²) in [6.45, 7) is 2.77. The van der Waals surface area contributed by atoms with E-state index in [2.05, 4.69) is 10.1 Å². The third-order valence-corrected chi connectivity index (χ3v) is 5.81. The molecule has 4 bridgehead atoms. The van der Waals surface area contributed by atoms with Gasteiger partial charge in [-0.25, -0.2) is 4.98 Å². The van der Waals surface area contributed by atoms with Gasteiger partial charge in [0.25, 0.3) is 0 Å². The maximum absolute atomic E-state index is 12.1. The molecule has 0 aliphatic heterocycles. The molecule has 4 fully saturated rings. The van der Waals surface area contributed by atoms with Gasteiger partial charge >= 0.3 is 0 Å². The van der Waals surface area contributed by atoms with Crippen LogP contribution in [-0.4, -0.2) is 20.5 Å². The van der Waals surface area contributed by atoms with Gasteiger partial charge in [0.2, 0.25) is 0 Å². The quantitative estimate of drug-likeness (QED) is 0.819. The van der Waals surface area contributed by atoms with E-state index in [1.54, 1.807) is 6.33 Å². The van der Waals surface area contributed by atoms with Gasteiger partial charge in [-0.05, 0) is 56.3 Å². The van der Waals surface area contributed by atoms with Crippen molar-refractivity contribution in [2.24, 2.45) is 22.7 Å². The molecule has 4 aliphatic rings. The van der Waals surface area contributed by atoms with Crippen LogP contribution in [0.5, 0.6) is 0 Å². The van der Waals surface area contributed by atoms with Crippen molar-refractivity contribution in [3.8, 4) is 0 Å². The molecule has 4 nitrogen and oxygen atoms in total. The molecule has 5 rings (SSSR count). The van der Waals surface area contributed by atoms with Crippen LogP contribution in [0.2, 0.25) is 0 Å². The van der Waals surface area contributed by atoms with Crippen LogP contribution in [0.3, 0.4) is 0 Å². The summed E-state index contributed by atoms with van der Waals surface area (Å²) in [5, 5.41) is 4.25. The molecule has 0 saturated heterocycles. The molecule has 0 spiro atoms. The van der Waals surface area contributed by atoms with Gasteiger partial charge in [0.15, 0.2) is 0 Å². The molecule has 18 heavy (non-hydrogen) atoms. The van der Waals surface area contributed by atoms with Crippen molar-refractivity contribution >= 4 is 5.78 Å². The van der Waals surface area contributed by atoms with Gasteiger partial charge in [0.1, 0.15) is 18.4 Å². The number of Topliss-reactive ketones (excluding diaryl/α,β-unsaturated/α-hetero) is 1. The number of carbonyl (C=O) groups is 1. The summed E-state index contributed by atoms with van der Waals surface area (Å²) in [4.78, 5) is 16.2. The Morgan fingerprint density at radius 1 is 1.44 bits per heavy atom. The third-order valence-electron chi connectivity index (χ3n) is 5.81. The fraction of sp³-hybridized carbons (Fsp3) is 0.786. The second kappa shape index (κ2) is 3.22. The van der Waals surface area contributed by atoms with Gasteiger partial charge in [-0.3, -0.25) is 9.48 Å². The number of hydrogen-bond donors (Lipinski definition) is 0. The van der Waals surface area contributed by atoms with Crippen molar-refractivity contribution in [1.82, 2.24) is 14.8 Å². The SMILES string of the molecule is CC(=O)C12CC3CC1CC(Cn1cncn1)(C3)C2. The van der Waals surface area contributed by atoms with Crippen LogP contribution in [0, 0.1) is 22.7 Å². The molecule has 4 heteroatoms. The van der Waals surface area contributed by atoms with E-state index in [4.69, 9.17) is 0 Å². The lowest BCUT2D eigenvalue weighted by Gasteiger charge is -2.40. The number of ketones is 1. The summed E-state index contributed by atoms with van der Waals surface area (Å²) in [5.74, 6) is 1.87. The smallest absolute Gasteiger partial charge is 0.137 e. The van der Waals surface area contributed by atoms with E-state index in [1.165, 1.54) is 19.3 Å². The summed E-state index contributed by atoms with van der Waals surface area (Å²) in [5.41, 5.74) is 0.356. The third kappa shape index (κ3) is 1.24. The summed E-state index contributed by atoms with van der Waals surface area (Å²) in [6, 6.07) is 0. The lowest BCUT2D eigenvalue weighted by Crippen LogP contribution is -2.36. The zero-order valence-electron chi connectivity index (χ0n) is 10.8. The molecule has 1 aromatic rings. The number of aromatic nitrogens is 3. The topological polar surface area (TPSA) is 47.8 Å². The maximum atomic E-state index is 12.1. The molecule has 1 aromatic heterocycles. The zero-order chi connectivity index (χ0) is 12.4. The molecule has 0 aromatic carbocycles. The second-order valence-corrected chi connectivity index (χ2v) is 6.89. The van der Waals surface area contributed by atoms with Crippen LogP contribution in [0.15, 0.2) is 12.7 Å². The maximum Gasteiger partial charge on any atom is 0.137 e. The van der Waals surface area contributed by atoms with Crippen molar-refractivity contribution in [2.45, 2.75) is 45.6 Å². The van der Waals surface area contributed by atoms with Crippen LogP contribution in [0.1, 0.15) is 39.0 Å². The highest BCUT2D eigenvalue weighted by Crippen LogP contribution is 2.71. The van der Waals surface area contributed by atoms with Crippen molar-refractivity contribution in [3.05, 3.63) is 12.7 Å². The van der Waals surface area contributed by atoms with Crippen molar-refractivity contribution < 1.29 is 4.79 Å². The first-order valence-corrected chi connectivity index (χ1v) is 6.95. The largest absolute Gasteiger partial charge is 0.299 e. The monoisotopic (exact) mass is 245 g/mol. The van der Waals surface area contributed by atoms with Gasteiger partial charge < -0.3 is 0 Å². The average Bonchev–Trinajstić information content (AvgIpc) is 2.92. The van der Waals surface area contributed by atoms with Crippen LogP contribution in [-0.2, 0) is 11.3 Å². The van der Waals surface area contributed by atoms with Gasteiger partial charge in [0.05, 0.1) is 0 Å². The predicted octanol–water partition coefficient (Wildman–Crippen LogP) is 2.06. The molecule has 0 radical (unpaired) electrons. The lowest BCUT2D eigenvalue weighted by atomic mass is 9.66. The van der Waals surface area contributed by atoms with E-state index >= 15 is 0 Å². The normalized spacial score (nSPS) is 44.7. The molecular weight excluding hydrogens is 226 g/mol. The van der Waals surface area contributed by atoms with E-state index in [1.807, 2.05) is 17.9 Å². The molecule has 96 valence electrons. The van der Waals surface area contributed by atoms with E-state index in [0.29, 0.717) is 17.1 Å². The highest BCUT2D eigenvalue weighted by Gasteiger charge is 2.65. The predicted molar refractivity (Wildman–Crippen MR) is 65.6 cm³/mol. The fourth-order valence-corrected chi connectivity index (χ4v) is 5.47. The molecule has 4 atom stereocenters. The van der Waals surface area contributed by atoms with E-state index in [9.17, 15) is 4.79 Å². The highest BCUT2D eigenvalue weighted by molar-refractivity contribution is 5.84. The molecule has 4 unspecified atom stereocenters. The zero-order valence-corrected chi connectivity index (χ0v) is 10.8. The summed E-state index contributed by atoms with van der Waals surface area (Å²) in [7, 11) is 0. The Morgan fingerprint density at radius 2 is 2.33 bits per heavy atom. The van der Waals surface area contributed by atoms with Crippen LogP contribution < -0.4 is 0 Å². The Bertz CT molecular complexity index is 497. The van der Waals surface area contributed by atoms with Crippen molar-refractivity contribution in [3.63, 3.8) is 0 Å². The summed E-state index contributed by atoms with van der Waals surface area (Å²) in [6.07, 6.45) is 9.47. The minimum absolute atomic E-state index is 0.0312. The molecular formula is C14H19N3O. The molecule has 4 saturated carbocycles. The first-order valence-electron chi connectivity index (χ1n) is 6.95. The van der Waals surface area contributed by atoms with Gasteiger partial charge in [-0.15, -0.1) is 0 Å². The lowest BCUT2D eigenvalue weighted by molar-refractivity contribution is -0.128. The molecule has 0 N–H and O–H groups in total. The molecule has 1 heterocycles.